The summed E-state index contributed by atoms with van der Waals surface area (Å²) in [6.45, 7) is 4.02. The number of nitrogens with zero attached hydrogens (tertiary/aromatic N) is 3. The Morgan fingerprint density at radius 2 is 1.64 bits per heavy atom. The smallest absolute Gasteiger partial charge is 0.406 e. The highest BCUT2D eigenvalue weighted by Gasteiger charge is 2.31. The van der Waals surface area contributed by atoms with Gasteiger partial charge in [0, 0.05) is 17.4 Å². The van der Waals surface area contributed by atoms with E-state index in [1.54, 1.807) is 17.1 Å². The molecule has 0 fully saturated rings. The number of hydrogen-bond donors (Lipinski definition) is 2. The summed E-state index contributed by atoms with van der Waals surface area (Å²) in [5.74, 6) is -0.285. The lowest BCUT2D eigenvalue weighted by molar-refractivity contribution is -0.274. The van der Waals surface area contributed by atoms with Crippen LogP contribution in [0, 0.1) is 13.8 Å². The molecule has 0 amide bonds. The number of nitrogens with one attached hydrogen (secondary N) is 2. The maximum atomic E-state index is 12.3. The molecule has 0 aliphatic carbocycles. The SMILES string of the molecule is Cc1cccc(C)c1NC(=S)N/N=C/c1ccc(-c2ccn(-c3ccc(OC(F)(F)F)cc3)n2)cc1. The van der Waals surface area contributed by atoms with Crippen molar-refractivity contribution in [1.29, 1.82) is 0 Å². The summed E-state index contributed by atoms with van der Waals surface area (Å²) in [4.78, 5) is 0. The van der Waals surface area contributed by atoms with Crippen LogP contribution in [0.25, 0.3) is 16.9 Å². The van der Waals surface area contributed by atoms with Crippen LogP contribution in [0.15, 0.2) is 84.1 Å². The van der Waals surface area contributed by atoms with Crippen molar-refractivity contribution in [2.75, 3.05) is 5.32 Å². The Morgan fingerprint density at radius 1 is 0.972 bits per heavy atom. The fraction of sp³-hybridized carbons (Fsp3) is 0.115. The van der Waals surface area contributed by atoms with Crippen molar-refractivity contribution in [2.24, 2.45) is 5.10 Å². The number of halogens is 3. The maximum absolute atomic E-state index is 12.3. The van der Waals surface area contributed by atoms with Crippen molar-refractivity contribution in [3.63, 3.8) is 0 Å². The first kappa shape index (κ1) is 24.9. The number of para-hydroxylation sites is 1. The van der Waals surface area contributed by atoms with Crippen LogP contribution in [0.5, 0.6) is 5.75 Å². The standard InChI is InChI=1S/C26H22F3N5OS/c1-17-4-3-5-18(2)24(17)31-25(36)32-30-16-19-6-8-20(9-7-19)23-14-15-34(33-23)21-10-12-22(13-11-21)35-26(27,28)29/h3-16H,1-2H3,(H2,31,32,36)/b30-16+. The monoisotopic (exact) mass is 509 g/mol. The molecule has 0 bridgehead atoms. The molecule has 3 aromatic carbocycles. The molecule has 0 spiro atoms. The van der Waals surface area contributed by atoms with Crippen molar-refractivity contribution < 1.29 is 17.9 Å². The predicted octanol–water partition coefficient (Wildman–Crippen LogP) is 6.38. The third kappa shape index (κ3) is 6.48. The van der Waals surface area contributed by atoms with E-state index in [9.17, 15) is 13.2 Å². The third-order valence-corrected chi connectivity index (χ3v) is 5.42. The number of thiocarbonyl (C=S) groups is 1. The Morgan fingerprint density at radius 3 is 2.28 bits per heavy atom. The number of ether oxygens (including phenoxy) is 1. The summed E-state index contributed by atoms with van der Waals surface area (Å²) in [5, 5.41) is 12.3. The van der Waals surface area contributed by atoms with Gasteiger partial charge in [-0.1, -0.05) is 42.5 Å². The second-order valence-corrected chi connectivity index (χ2v) is 8.31. The van der Waals surface area contributed by atoms with E-state index in [4.69, 9.17) is 12.2 Å². The van der Waals surface area contributed by atoms with Crippen molar-refractivity contribution in [3.8, 4) is 22.7 Å². The molecule has 4 aromatic rings. The van der Waals surface area contributed by atoms with Crippen LogP contribution >= 0.6 is 12.2 Å². The van der Waals surface area contributed by atoms with Gasteiger partial charge in [0.25, 0.3) is 0 Å². The summed E-state index contributed by atoms with van der Waals surface area (Å²) in [5.41, 5.74) is 9.02. The molecule has 0 saturated heterocycles. The van der Waals surface area contributed by atoms with Crippen LogP contribution in [0.2, 0.25) is 0 Å². The van der Waals surface area contributed by atoms with Gasteiger partial charge in [0.2, 0.25) is 0 Å². The fourth-order valence-electron chi connectivity index (χ4n) is 3.48. The average Bonchev–Trinajstić information content (AvgIpc) is 3.32. The van der Waals surface area contributed by atoms with Gasteiger partial charge in [0.15, 0.2) is 5.11 Å². The molecule has 0 unspecified atom stereocenters. The molecule has 0 saturated carbocycles. The van der Waals surface area contributed by atoms with Crippen molar-refractivity contribution in [1.82, 2.24) is 15.2 Å². The molecule has 0 aliphatic heterocycles. The van der Waals surface area contributed by atoms with E-state index in [0.29, 0.717) is 16.5 Å². The highest BCUT2D eigenvalue weighted by atomic mass is 32.1. The van der Waals surface area contributed by atoms with Gasteiger partial charge >= 0.3 is 6.36 Å². The molecule has 2 N–H and O–H groups in total. The van der Waals surface area contributed by atoms with E-state index in [1.807, 2.05) is 62.4 Å². The van der Waals surface area contributed by atoms with Gasteiger partial charge in [-0.2, -0.15) is 10.2 Å². The maximum Gasteiger partial charge on any atom is 0.573 e. The zero-order chi connectivity index (χ0) is 25.7. The Bertz CT molecular complexity index is 1360. The van der Waals surface area contributed by atoms with E-state index in [-0.39, 0.29) is 5.75 Å². The van der Waals surface area contributed by atoms with Crippen molar-refractivity contribution >= 4 is 29.2 Å². The quantitative estimate of drug-likeness (QED) is 0.180. The van der Waals surface area contributed by atoms with Gasteiger partial charge in [-0.25, -0.2) is 4.68 Å². The molecular weight excluding hydrogens is 487 g/mol. The molecule has 1 heterocycles. The van der Waals surface area contributed by atoms with Crippen LogP contribution in [0.3, 0.4) is 0 Å². The number of hydrazone groups is 1. The first-order valence-corrected chi connectivity index (χ1v) is 11.3. The van der Waals surface area contributed by atoms with Gasteiger partial charge in [0.05, 0.1) is 17.6 Å². The van der Waals surface area contributed by atoms with Gasteiger partial charge < -0.3 is 10.1 Å². The van der Waals surface area contributed by atoms with Crippen LogP contribution < -0.4 is 15.5 Å². The van der Waals surface area contributed by atoms with E-state index < -0.39 is 6.36 Å². The lowest BCUT2D eigenvalue weighted by Crippen LogP contribution is -2.24. The van der Waals surface area contributed by atoms with Gasteiger partial charge in [0.1, 0.15) is 5.75 Å². The number of rotatable bonds is 6. The van der Waals surface area contributed by atoms with Gasteiger partial charge in [-0.05, 0) is 73.1 Å². The number of benzene rings is 3. The van der Waals surface area contributed by atoms with E-state index in [2.05, 4.69) is 25.7 Å². The van der Waals surface area contributed by atoms with Crippen LogP contribution in [0.4, 0.5) is 18.9 Å². The molecule has 36 heavy (non-hydrogen) atoms. The minimum absolute atomic E-state index is 0.285. The molecule has 0 aliphatic rings. The molecule has 6 nitrogen and oxygen atoms in total. The van der Waals surface area contributed by atoms with Crippen LogP contribution in [0.1, 0.15) is 16.7 Å². The molecule has 184 valence electrons. The predicted molar refractivity (Wildman–Crippen MR) is 139 cm³/mol. The topological polar surface area (TPSA) is 63.5 Å². The summed E-state index contributed by atoms with van der Waals surface area (Å²) >= 11 is 5.32. The first-order chi connectivity index (χ1) is 17.2. The Balaban J connectivity index is 1.36. The molecule has 0 atom stereocenters. The zero-order valence-corrected chi connectivity index (χ0v) is 20.2. The number of anilines is 1. The largest absolute Gasteiger partial charge is 0.573 e. The van der Waals surface area contributed by atoms with E-state index in [0.717, 1.165) is 27.9 Å². The molecule has 10 heteroatoms. The number of hydrogen-bond acceptors (Lipinski definition) is 4. The fourth-order valence-corrected chi connectivity index (χ4v) is 3.64. The Labute approximate surface area is 211 Å². The number of aromatic nitrogens is 2. The number of aryl methyl sites for hydroxylation is 2. The minimum Gasteiger partial charge on any atom is -0.406 e. The highest BCUT2D eigenvalue weighted by Crippen LogP contribution is 2.24. The second kappa shape index (κ2) is 10.6. The molecule has 1 aromatic heterocycles. The summed E-state index contributed by atoms with van der Waals surface area (Å²) in [6.07, 6.45) is -1.33. The van der Waals surface area contributed by atoms with Crippen molar-refractivity contribution in [2.45, 2.75) is 20.2 Å². The zero-order valence-electron chi connectivity index (χ0n) is 19.4. The second-order valence-electron chi connectivity index (χ2n) is 7.90. The third-order valence-electron chi connectivity index (χ3n) is 5.23. The minimum atomic E-state index is -4.73. The normalized spacial score (nSPS) is 11.5. The van der Waals surface area contributed by atoms with E-state index in [1.165, 1.54) is 24.3 Å². The summed E-state index contributed by atoms with van der Waals surface area (Å²) in [7, 11) is 0. The summed E-state index contributed by atoms with van der Waals surface area (Å²) in [6, 6.07) is 20.9. The highest BCUT2D eigenvalue weighted by molar-refractivity contribution is 7.80. The van der Waals surface area contributed by atoms with Crippen LogP contribution in [-0.4, -0.2) is 27.5 Å². The van der Waals surface area contributed by atoms with Gasteiger partial charge in [-0.3, -0.25) is 5.43 Å². The lowest BCUT2D eigenvalue weighted by Gasteiger charge is -2.12. The number of alkyl halides is 3. The molecule has 0 radical (unpaired) electrons. The molecule has 4 rings (SSSR count). The summed E-state index contributed by atoms with van der Waals surface area (Å²) < 4.78 is 42.5. The Kier molecular flexibility index (Phi) is 7.35. The van der Waals surface area contributed by atoms with Crippen molar-refractivity contribution in [3.05, 3.63) is 95.7 Å². The lowest BCUT2D eigenvalue weighted by atomic mass is 10.1. The Hall–Kier alpha value is -4.18. The molecular formula is C26H22F3N5OS. The average molecular weight is 510 g/mol. The van der Waals surface area contributed by atoms with Crippen LogP contribution in [-0.2, 0) is 0 Å². The van der Waals surface area contributed by atoms with Gasteiger partial charge in [-0.15, -0.1) is 13.2 Å². The first-order valence-electron chi connectivity index (χ1n) is 10.9. The van der Waals surface area contributed by atoms with E-state index >= 15 is 0 Å².